The van der Waals surface area contributed by atoms with Crippen molar-refractivity contribution < 1.29 is 0 Å². The molecule has 0 aliphatic heterocycles. The third-order valence-corrected chi connectivity index (χ3v) is 2.77. The van der Waals surface area contributed by atoms with E-state index in [4.69, 9.17) is 0 Å². The number of tetrazole rings is 1. The highest BCUT2D eigenvalue weighted by atomic mass is 15.6. The first-order chi connectivity index (χ1) is 7.31. The van der Waals surface area contributed by atoms with E-state index >= 15 is 0 Å². The number of likely N-dealkylation sites (N-methyl/N-ethyl adjacent to an activating group) is 1. The lowest BCUT2D eigenvalue weighted by molar-refractivity contribution is 0.288. The van der Waals surface area contributed by atoms with Gasteiger partial charge in [0.25, 0.3) is 0 Å². The highest BCUT2D eigenvalue weighted by Gasteiger charge is 2.27. The molecule has 6 heteroatoms. The van der Waals surface area contributed by atoms with Crippen LogP contribution in [-0.4, -0.2) is 50.8 Å². The van der Waals surface area contributed by atoms with Gasteiger partial charge in [-0.15, -0.1) is 0 Å². The van der Waals surface area contributed by atoms with E-state index in [2.05, 4.69) is 32.7 Å². The number of aromatic nitrogens is 4. The Balaban J connectivity index is 1.72. The van der Waals surface area contributed by atoms with Crippen LogP contribution in [0.5, 0.6) is 0 Å². The molecule has 1 aromatic rings. The van der Waals surface area contributed by atoms with Crippen LogP contribution in [0.15, 0.2) is 0 Å². The van der Waals surface area contributed by atoms with Crippen LogP contribution in [0.2, 0.25) is 0 Å². The molecule has 84 valence electrons. The van der Waals surface area contributed by atoms with Crippen LogP contribution in [0.1, 0.15) is 19.8 Å². The molecule has 0 unspecified atom stereocenters. The van der Waals surface area contributed by atoms with E-state index in [1.807, 2.05) is 7.05 Å². The summed E-state index contributed by atoms with van der Waals surface area (Å²) in [6.07, 6.45) is 2.72. The van der Waals surface area contributed by atoms with Gasteiger partial charge < -0.3 is 5.32 Å². The Morgan fingerprint density at radius 2 is 2.33 bits per heavy atom. The maximum atomic E-state index is 3.87. The number of anilines is 1. The van der Waals surface area contributed by atoms with Gasteiger partial charge in [0.15, 0.2) is 0 Å². The fourth-order valence-electron chi connectivity index (χ4n) is 1.73. The third-order valence-electron chi connectivity index (χ3n) is 2.77. The molecule has 1 aliphatic rings. The Bertz CT molecular complexity index is 305. The van der Waals surface area contributed by atoms with Gasteiger partial charge in [-0.1, -0.05) is 12.0 Å². The Morgan fingerprint density at radius 1 is 1.53 bits per heavy atom. The Kier molecular flexibility index (Phi) is 3.15. The molecule has 15 heavy (non-hydrogen) atoms. The second kappa shape index (κ2) is 4.57. The van der Waals surface area contributed by atoms with Crippen LogP contribution in [0.25, 0.3) is 0 Å². The molecule has 6 nitrogen and oxygen atoms in total. The molecule has 1 heterocycles. The third kappa shape index (κ3) is 2.65. The predicted molar refractivity (Wildman–Crippen MR) is 57.6 cm³/mol. The molecule has 0 amide bonds. The molecule has 1 N–H and O–H groups in total. The zero-order valence-corrected chi connectivity index (χ0v) is 9.35. The summed E-state index contributed by atoms with van der Waals surface area (Å²) in [4.78, 5) is 2.50. The fourth-order valence-corrected chi connectivity index (χ4v) is 1.73. The summed E-state index contributed by atoms with van der Waals surface area (Å²) in [6, 6.07) is 0.828. The van der Waals surface area contributed by atoms with Gasteiger partial charge >= 0.3 is 0 Å². The zero-order chi connectivity index (χ0) is 10.7. The first-order valence-electron chi connectivity index (χ1n) is 5.51. The molecular formula is C9H18N6. The van der Waals surface area contributed by atoms with Crippen molar-refractivity contribution in [2.45, 2.75) is 25.8 Å². The van der Waals surface area contributed by atoms with Crippen LogP contribution in [-0.2, 0) is 7.05 Å². The summed E-state index contributed by atoms with van der Waals surface area (Å²) >= 11 is 0. The first-order valence-corrected chi connectivity index (χ1v) is 5.51. The molecule has 1 aliphatic carbocycles. The number of aryl methyl sites for hydroxylation is 1. The molecule has 0 spiro atoms. The lowest BCUT2D eigenvalue weighted by Gasteiger charge is -2.19. The minimum Gasteiger partial charge on any atom is -0.352 e. The smallest absolute Gasteiger partial charge is 0.242 e. The average molecular weight is 210 g/mol. The lowest BCUT2D eigenvalue weighted by Crippen LogP contribution is -2.31. The molecule has 0 saturated heterocycles. The predicted octanol–water partition coefficient (Wildman–Crippen LogP) is 0.106. The number of hydrogen-bond acceptors (Lipinski definition) is 5. The van der Waals surface area contributed by atoms with Crippen molar-refractivity contribution in [1.29, 1.82) is 0 Å². The molecule has 1 saturated carbocycles. The monoisotopic (exact) mass is 210 g/mol. The normalized spacial score (nSPS) is 15.9. The molecule has 0 radical (unpaired) electrons. The minimum absolute atomic E-state index is 0.738. The summed E-state index contributed by atoms with van der Waals surface area (Å²) in [5.41, 5.74) is 0. The van der Waals surface area contributed by atoms with Crippen LogP contribution < -0.4 is 5.32 Å². The van der Waals surface area contributed by atoms with Gasteiger partial charge in [-0.05, 0) is 29.8 Å². The highest BCUT2D eigenvalue weighted by molar-refractivity contribution is 5.20. The molecular weight excluding hydrogens is 192 g/mol. The Hall–Kier alpha value is -1.17. The van der Waals surface area contributed by atoms with Crippen molar-refractivity contribution in [3.05, 3.63) is 0 Å². The maximum absolute atomic E-state index is 3.87. The number of nitrogens with zero attached hydrogens (tertiary/aromatic N) is 5. The van der Waals surface area contributed by atoms with Crippen LogP contribution in [0.3, 0.4) is 0 Å². The zero-order valence-electron chi connectivity index (χ0n) is 9.35. The van der Waals surface area contributed by atoms with Crippen molar-refractivity contribution in [2.24, 2.45) is 7.05 Å². The summed E-state index contributed by atoms with van der Waals surface area (Å²) in [6.45, 7) is 5.30. The summed E-state index contributed by atoms with van der Waals surface area (Å²) in [5.74, 6) is 0.738. The van der Waals surface area contributed by atoms with E-state index in [1.54, 1.807) is 4.68 Å². The topological polar surface area (TPSA) is 58.9 Å². The van der Waals surface area contributed by atoms with E-state index in [9.17, 15) is 0 Å². The SMILES string of the molecule is CCN(CCNc1nnnn1C)C1CC1. The first kappa shape index (κ1) is 10.4. The van der Waals surface area contributed by atoms with Crippen LogP contribution in [0.4, 0.5) is 5.95 Å². The van der Waals surface area contributed by atoms with E-state index in [-0.39, 0.29) is 0 Å². The molecule has 2 rings (SSSR count). The molecule has 1 fully saturated rings. The maximum Gasteiger partial charge on any atom is 0.242 e. The van der Waals surface area contributed by atoms with Crippen molar-refractivity contribution in [2.75, 3.05) is 25.0 Å². The van der Waals surface area contributed by atoms with E-state index in [1.165, 1.54) is 12.8 Å². The van der Waals surface area contributed by atoms with Crippen molar-refractivity contribution in [1.82, 2.24) is 25.1 Å². The molecule has 1 aromatic heterocycles. The second-order valence-electron chi connectivity index (χ2n) is 3.91. The van der Waals surface area contributed by atoms with Crippen molar-refractivity contribution in [3.63, 3.8) is 0 Å². The van der Waals surface area contributed by atoms with Crippen LogP contribution >= 0.6 is 0 Å². The van der Waals surface area contributed by atoms with Gasteiger partial charge in [0, 0.05) is 26.2 Å². The Morgan fingerprint density at radius 3 is 2.87 bits per heavy atom. The Labute approximate surface area is 89.6 Å². The second-order valence-corrected chi connectivity index (χ2v) is 3.91. The average Bonchev–Trinajstić information content (AvgIpc) is 2.99. The highest BCUT2D eigenvalue weighted by Crippen LogP contribution is 2.25. The standard InChI is InChI=1S/C9H18N6/c1-3-15(8-4-5-8)7-6-10-9-11-12-13-14(9)2/h8H,3-7H2,1-2H3,(H,10,11,13). The molecule has 0 atom stereocenters. The van der Waals surface area contributed by atoms with Gasteiger partial charge in [-0.2, -0.15) is 0 Å². The largest absolute Gasteiger partial charge is 0.352 e. The lowest BCUT2D eigenvalue weighted by atomic mass is 10.4. The minimum atomic E-state index is 0.738. The van der Waals surface area contributed by atoms with Crippen LogP contribution in [0, 0.1) is 0 Å². The number of nitrogens with one attached hydrogen (secondary N) is 1. The van der Waals surface area contributed by atoms with Gasteiger partial charge in [0.1, 0.15) is 0 Å². The summed E-state index contributed by atoms with van der Waals surface area (Å²) in [5, 5.41) is 14.4. The fraction of sp³-hybridized carbons (Fsp3) is 0.889. The van der Waals surface area contributed by atoms with E-state index in [0.29, 0.717) is 0 Å². The van der Waals surface area contributed by atoms with Gasteiger partial charge in [0.2, 0.25) is 5.95 Å². The van der Waals surface area contributed by atoms with Crippen molar-refractivity contribution in [3.8, 4) is 0 Å². The molecule has 0 bridgehead atoms. The van der Waals surface area contributed by atoms with Gasteiger partial charge in [-0.25, -0.2) is 4.68 Å². The van der Waals surface area contributed by atoms with E-state index in [0.717, 1.165) is 31.6 Å². The van der Waals surface area contributed by atoms with Crippen molar-refractivity contribution >= 4 is 5.95 Å². The quantitative estimate of drug-likeness (QED) is 0.722. The number of hydrogen-bond donors (Lipinski definition) is 1. The molecule has 0 aromatic carbocycles. The van der Waals surface area contributed by atoms with E-state index < -0.39 is 0 Å². The van der Waals surface area contributed by atoms with Gasteiger partial charge in [0.05, 0.1) is 0 Å². The summed E-state index contributed by atoms with van der Waals surface area (Å²) in [7, 11) is 1.83. The summed E-state index contributed by atoms with van der Waals surface area (Å²) < 4.78 is 1.65. The van der Waals surface area contributed by atoms with Gasteiger partial charge in [-0.3, -0.25) is 4.90 Å². The number of rotatable bonds is 6.